The first kappa shape index (κ1) is 20.7. The van der Waals surface area contributed by atoms with Gasteiger partial charge in [0.25, 0.3) is 0 Å². The number of nitrogens with zero attached hydrogens (tertiary/aromatic N) is 4. The summed E-state index contributed by atoms with van der Waals surface area (Å²) in [4.78, 5) is 48.4. The molecule has 0 saturated carbocycles. The minimum absolute atomic E-state index is 0.134. The second-order valence-electron chi connectivity index (χ2n) is 6.89. The van der Waals surface area contributed by atoms with Gasteiger partial charge in [-0.1, -0.05) is 17.4 Å². The van der Waals surface area contributed by atoms with E-state index in [1.165, 1.54) is 16.2 Å². The SMILES string of the molecule is COc1cc2nc(N(Cc3cccnc3)C(=O)CN3C(=O)CCC3=O)sc2cc1OC. The number of imide groups is 1. The molecule has 1 aromatic carbocycles. The standard InChI is InChI=1S/C21H20N4O5S/c1-29-15-8-14-17(9-16(15)30-2)31-21(23-14)25(11-13-4-3-7-22-10-13)20(28)12-24-18(26)5-6-19(24)27/h3-4,7-10H,5-6,11-12H2,1-2H3. The zero-order chi connectivity index (χ0) is 22.0. The zero-order valence-electron chi connectivity index (χ0n) is 17.0. The van der Waals surface area contributed by atoms with Crippen LogP contribution in [0.3, 0.4) is 0 Å². The number of likely N-dealkylation sites (tertiary alicyclic amines) is 1. The second kappa shape index (κ2) is 8.68. The topological polar surface area (TPSA) is 102 Å². The molecule has 160 valence electrons. The molecule has 1 saturated heterocycles. The number of fused-ring (bicyclic) bond motifs is 1. The van der Waals surface area contributed by atoms with Gasteiger partial charge in [-0.25, -0.2) is 4.98 Å². The molecule has 0 radical (unpaired) electrons. The number of methoxy groups -OCH3 is 2. The van der Waals surface area contributed by atoms with Gasteiger partial charge in [-0.2, -0.15) is 0 Å². The van der Waals surface area contributed by atoms with Crippen LogP contribution in [0.15, 0.2) is 36.7 Å². The highest BCUT2D eigenvalue weighted by atomic mass is 32.1. The molecule has 3 aromatic rings. The first-order chi connectivity index (χ1) is 15.0. The van der Waals surface area contributed by atoms with Crippen molar-refractivity contribution in [1.29, 1.82) is 0 Å². The van der Waals surface area contributed by atoms with Crippen molar-refractivity contribution in [2.24, 2.45) is 0 Å². The largest absolute Gasteiger partial charge is 0.493 e. The molecule has 3 amide bonds. The van der Waals surface area contributed by atoms with E-state index in [1.54, 1.807) is 44.8 Å². The number of pyridine rings is 1. The van der Waals surface area contributed by atoms with Gasteiger partial charge in [0.15, 0.2) is 16.6 Å². The van der Waals surface area contributed by atoms with E-state index in [9.17, 15) is 14.4 Å². The predicted molar refractivity (Wildman–Crippen MR) is 114 cm³/mol. The van der Waals surface area contributed by atoms with E-state index in [0.29, 0.717) is 22.1 Å². The Balaban J connectivity index is 1.70. The van der Waals surface area contributed by atoms with Gasteiger partial charge in [-0.05, 0) is 11.6 Å². The summed E-state index contributed by atoms with van der Waals surface area (Å²) in [5.41, 5.74) is 1.44. The Morgan fingerprint density at radius 2 is 1.87 bits per heavy atom. The van der Waals surface area contributed by atoms with E-state index in [4.69, 9.17) is 9.47 Å². The van der Waals surface area contributed by atoms with Gasteiger partial charge in [0, 0.05) is 37.4 Å². The molecule has 4 rings (SSSR count). The lowest BCUT2D eigenvalue weighted by Crippen LogP contribution is -2.42. The van der Waals surface area contributed by atoms with E-state index < -0.39 is 5.91 Å². The average molecular weight is 440 g/mol. The van der Waals surface area contributed by atoms with Crippen LogP contribution in [0.1, 0.15) is 18.4 Å². The summed E-state index contributed by atoms with van der Waals surface area (Å²) in [6.45, 7) is -0.114. The van der Waals surface area contributed by atoms with Crippen LogP contribution in [-0.4, -0.2) is 53.4 Å². The maximum absolute atomic E-state index is 13.2. The van der Waals surface area contributed by atoms with E-state index in [-0.39, 0.29) is 37.7 Å². The maximum Gasteiger partial charge on any atom is 0.249 e. The van der Waals surface area contributed by atoms with Crippen LogP contribution in [0.5, 0.6) is 11.5 Å². The lowest BCUT2D eigenvalue weighted by atomic mass is 10.2. The molecule has 3 heterocycles. The summed E-state index contributed by atoms with van der Waals surface area (Å²) in [5, 5.41) is 0.443. The summed E-state index contributed by atoms with van der Waals surface area (Å²) >= 11 is 1.31. The van der Waals surface area contributed by atoms with Gasteiger partial charge in [-0.3, -0.25) is 29.2 Å². The third-order valence-electron chi connectivity index (χ3n) is 4.93. The van der Waals surface area contributed by atoms with Crippen molar-refractivity contribution in [3.63, 3.8) is 0 Å². The van der Waals surface area contributed by atoms with E-state index in [2.05, 4.69) is 9.97 Å². The van der Waals surface area contributed by atoms with Crippen molar-refractivity contribution >= 4 is 44.4 Å². The van der Waals surface area contributed by atoms with Crippen LogP contribution in [0.25, 0.3) is 10.2 Å². The predicted octanol–water partition coefficient (Wildman–Crippen LogP) is 2.39. The molecule has 2 aromatic heterocycles. The Labute approximate surface area is 182 Å². The van der Waals surface area contributed by atoms with E-state index in [0.717, 1.165) is 15.2 Å². The van der Waals surface area contributed by atoms with Crippen molar-refractivity contribution in [1.82, 2.24) is 14.9 Å². The number of anilines is 1. The Bertz CT molecular complexity index is 1090. The van der Waals surface area contributed by atoms with Crippen molar-refractivity contribution in [3.8, 4) is 11.5 Å². The van der Waals surface area contributed by atoms with Gasteiger partial charge >= 0.3 is 0 Å². The Morgan fingerprint density at radius 1 is 1.16 bits per heavy atom. The van der Waals surface area contributed by atoms with Crippen LogP contribution in [0, 0.1) is 0 Å². The van der Waals surface area contributed by atoms with Crippen molar-refractivity contribution in [3.05, 3.63) is 42.2 Å². The number of rotatable bonds is 7. The average Bonchev–Trinajstić information content (AvgIpc) is 3.34. The molecule has 0 bridgehead atoms. The molecule has 0 aliphatic carbocycles. The second-order valence-corrected chi connectivity index (χ2v) is 7.90. The van der Waals surface area contributed by atoms with Crippen LogP contribution in [0.4, 0.5) is 5.13 Å². The van der Waals surface area contributed by atoms with Gasteiger partial charge in [0.1, 0.15) is 6.54 Å². The third kappa shape index (κ3) is 4.19. The highest BCUT2D eigenvalue weighted by molar-refractivity contribution is 7.22. The summed E-state index contributed by atoms with van der Waals surface area (Å²) in [6.07, 6.45) is 3.57. The number of benzene rings is 1. The van der Waals surface area contributed by atoms with E-state index in [1.807, 2.05) is 6.07 Å². The zero-order valence-corrected chi connectivity index (χ0v) is 17.8. The molecule has 10 heteroatoms. The molecular formula is C21H20N4O5S. The van der Waals surface area contributed by atoms with Gasteiger partial charge in [-0.15, -0.1) is 0 Å². The fourth-order valence-corrected chi connectivity index (χ4v) is 4.31. The van der Waals surface area contributed by atoms with Gasteiger partial charge < -0.3 is 9.47 Å². The van der Waals surface area contributed by atoms with Crippen molar-refractivity contribution in [2.45, 2.75) is 19.4 Å². The first-order valence-corrected chi connectivity index (χ1v) is 10.4. The van der Waals surface area contributed by atoms with Crippen LogP contribution in [0.2, 0.25) is 0 Å². The summed E-state index contributed by atoms with van der Waals surface area (Å²) in [5.74, 6) is 0.0242. The molecule has 31 heavy (non-hydrogen) atoms. The first-order valence-electron chi connectivity index (χ1n) is 9.55. The lowest BCUT2D eigenvalue weighted by molar-refractivity contribution is -0.141. The van der Waals surface area contributed by atoms with Crippen molar-refractivity contribution in [2.75, 3.05) is 25.7 Å². The molecular weight excluding hydrogens is 420 g/mol. The number of hydrogen-bond acceptors (Lipinski definition) is 8. The number of aromatic nitrogens is 2. The monoisotopic (exact) mass is 440 g/mol. The molecule has 0 unspecified atom stereocenters. The number of ether oxygens (including phenoxy) is 2. The summed E-state index contributed by atoms with van der Waals surface area (Å²) in [7, 11) is 3.09. The van der Waals surface area contributed by atoms with Gasteiger partial charge in [0.05, 0.1) is 31.0 Å². The Hall–Kier alpha value is -3.53. The maximum atomic E-state index is 13.2. The molecule has 0 spiro atoms. The third-order valence-corrected chi connectivity index (χ3v) is 5.97. The number of carbonyl (C=O) groups excluding carboxylic acids is 3. The number of hydrogen-bond donors (Lipinski definition) is 0. The smallest absolute Gasteiger partial charge is 0.249 e. The molecule has 9 nitrogen and oxygen atoms in total. The highest BCUT2D eigenvalue weighted by Crippen LogP contribution is 2.37. The molecule has 0 atom stereocenters. The van der Waals surface area contributed by atoms with Crippen LogP contribution < -0.4 is 14.4 Å². The minimum Gasteiger partial charge on any atom is -0.493 e. The lowest BCUT2D eigenvalue weighted by Gasteiger charge is -2.22. The number of thiazole rings is 1. The molecule has 1 fully saturated rings. The fraction of sp³-hybridized carbons (Fsp3) is 0.286. The summed E-state index contributed by atoms with van der Waals surface area (Å²) < 4.78 is 11.5. The minimum atomic E-state index is -0.398. The number of amides is 3. The van der Waals surface area contributed by atoms with Gasteiger partial charge in [0.2, 0.25) is 17.7 Å². The molecule has 1 aliphatic rings. The van der Waals surface area contributed by atoms with E-state index >= 15 is 0 Å². The van der Waals surface area contributed by atoms with Crippen molar-refractivity contribution < 1.29 is 23.9 Å². The van der Waals surface area contributed by atoms with Crippen LogP contribution >= 0.6 is 11.3 Å². The summed E-state index contributed by atoms with van der Waals surface area (Å²) in [6, 6.07) is 7.17. The highest BCUT2D eigenvalue weighted by Gasteiger charge is 2.33. The Morgan fingerprint density at radius 3 is 2.52 bits per heavy atom. The molecule has 0 N–H and O–H groups in total. The quantitative estimate of drug-likeness (QED) is 0.520. The fourth-order valence-electron chi connectivity index (χ4n) is 3.31. The van der Waals surface area contributed by atoms with Crippen LogP contribution in [-0.2, 0) is 20.9 Å². The Kier molecular flexibility index (Phi) is 5.81. The normalized spacial score (nSPS) is 13.7. The number of carbonyl (C=O) groups is 3. The molecule has 1 aliphatic heterocycles.